The third-order valence-electron chi connectivity index (χ3n) is 3.47. The number of hydrogen-bond donors (Lipinski definition) is 2. The first-order valence-corrected chi connectivity index (χ1v) is 7.95. The van der Waals surface area contributed by atoms with Gasteiger partial charge in [0.25, 0.3) is 5.91 Å². The molecule has 1 amide bonds. The van der Waals surface area contributed by atoms with Gasteiger partial charge in [0.05, 0.1) is 29.6 Å². The highest BCUT2D eigenvalue weighted by Crippen LogP contribution is 2.28. The van der Waals surface area contributed by atoms with Crippen LogP contribution in [0.1, 0.15) is 10.4 Å². The predicted octanol–water partition coefficient (Wildman–Crippen LogP) is 4.74. The van der Waals surface area contributed by atoms with Crippen molar-refractivity contribution in [2.75, 3.05) is 17.7 Å². The van der Waals surface area contributed by atoms with E-state index >= 15 is 0 Å². The van der Waals surface area contributed by atoms with E-state index in [0.29, 0.717) is 22.0 Å². The molecule has 1 heterocycles. The third-order valence-corrected chi connectivity index (χ3v) is 3.77. The minimum absolute atomic E-state index is 0.227. The fourth-order valence-corrected chi connectivity index (χ4v) is 2.53. The Balaban J connectivity index is 1.75. The van der Waals surface area contributed by atoms with Gasteiger partial charge < -0.3 is 15.4 Å². The van der Waals surface area contributed by atoms with Crippen LogP contribution in [0.25, 0.3) is 0 Å². The second kappa shape index (κ2) is 7.68. The van der Waals surface area contributed by atoms with Gasteiger partial charge in [0.15, 0.2) is 0 Å². The predicted molar refractivity (Wildman–Crippen MR) is 99.9 cm³/mol. The van der Waals surface area contributed by atoms with E-state index in [4.69, 9.17) is 16.3 Å². The number of carbonyl (C=O) groups is 1. The number of ether oxygens (including phenoxy) is 1. The molecule has 0 bridgehead atoms. The van der Waals surface area contributed by atoms with Crippen LogP contribution in [0.3, 0.4) is 0 Å². The summed E-state index contributed by atoms with van der Waals surface area (Å²) in [4.78, 5) is 16.5. The van der Waals surface area contributed by atoms with E-state index in [1.807, 2.05) is 36.4 Å². The van der Waals surface area contributed by atoms with Crippen LogP contribution in [0.4, 0.5) is 17.1 Å². The van der Waals surface area contributed by atoms with Crippen molar-refractivity contribution in [3.05, 3.63) is 77.6 Å². The number of carbonyl (C=O) groups excluding carboxylic acids is 1. The van der Waals surface area contributed by atoms with Gasteiger partial charge in [-0.05, 0) is 36.4 Å². The zero-order valence-corrected chi connectivity index (χ0v) is 14.2. The average molecular weight is 354 g/mol. The quantitative estimate of drug-likeness (QED) is 0.695. The Kier molecular flexibility index (Phi) is 5.16. The van der Waals surface area contributed by atoms with Crippen LogP contribution in [0, 0.1) is 0 Å². The number of methoxy groups -OCH3 is 1. The molecule has 0 fully saturated rings. The van der Waals surface area contributed by atoms with Crippen molar-refractivity contribution in [3.8, 4) is 5.75 Å². The second-order valence-corrected chi connectivity index (χ2v) is 5.66. The van der Waals surface area contributed by atoms with Crippen LogP contribution in [0.2, 0.25) is 5.02 Å². The van der Waals surface area contributed by atoms with Crippen LogP contribution in [-0.2, 0) is 0 Å². The van der Waals surface area contributed by atoms with Crippen molar-refractivity contribution < 1.29 is 9.53 Å². The number of para-hydroxylation sites is 1. The number of anilines is 3. The van der Waals surface area contributed by atoms with Crippen LogP contribution in [0.5, 0.6) is 5.75 Å². The molecule has 0 aliphatic rings. The summed E-state index contributed by atoms with van der Waals surface area (Å²) in [5.41, 5.74) is 2.64. The fourth-order valence-electron chi connectivity index (χ4n) is 2.27. The minimum atomic E-state index is -0.227. The van der Waals surface area contributed by atoms with Crippen molar-refractivity contribution >= 4 is 34.6 Å². The molecule has 0 saturated carbocycles. The Hall–Kier alpha value is -3.05. The lowest BCUT2D eigenvalue weighted by atomic mass is 10.2. The summed E-state index contributed by atoms with van der Waals surface area (Å²) in [7, 11) is 1.56. The molecule has 5 nitrogen and oxygen atoms in total. The number of rotatable bonds is 5. The van der Waals surface area contributed by atoms with E-state index in [9.17, 15) is 4.79 Å². The van der Waals surface area contributed by atoms with E-state index in [1.165, 1.54) is 6.20 Å². The summed E-state index contributed by atoms with van der Waals surface area (Å²) in [6.45, 7) is 0. The van der Waals surface area contributed by atoms with E-state index < -0.39 is 0 Å². The van der Waals surface area contributed by atoms with Gasteiger partial charge >= 0.3 is 0 Å². The zero-order chi connectivity index (χ0) is 17.6. The highest BCUT2D eigenvalue weighted by molar-refractivity contribution is 6.32. The Bertz CT molecular complexity index is 885. The number of nitrogens with one attached hydrogen (secondary N) is 2. The average Bonchev–Trinajstić information content (AvgIpc) is 2.63. The summed E-state index contributed by atoms with van der Waals surface area (Å²) in [6, 6.07) is 16.3. The summed E-state index contributed by atoms with van der Waals surface area (Å²) >= 11 is 6.12. The van der Waals surface area contributed by atoms with Crippen molar-refractivity contribution in [2.45, 2.75) is 0 Å². The highest BCUT2D eigenvalue weighted by Gasteiger charge is 2.08. The molecule has 0 radical (unpaired) electrons. The molecule has 1 aromatic heterocycles. The first-order chi connectivity index (χ1) is 12.2. The molecule has 0 aliphatic heterocycles. The van der Waals surface area contributed by atoms with Gasteiger partial charge in [0.2, 0.25) is 0 Å². The molecule has 25 heavy (non-hydrogen) atoms. The molecule has 6 heteroatoms. The lowest BCUT2D eigenvalue weighted by molar-refractivity contribution is 0.102. The number of halogens is 1. The van der Waals surface area contributed by atoms with Crippen molar-refractivity contribution in [1.29, 1.82) is 0 Å². The monoisotopic (exact) mass is 353 g/mol. The molecule has 3 aromatic rings. The van der Waals surface area contributed by atoms with Crippen molar-refractivity contribution in [2.24, 2.45) is 0 Å². The van der Waals surface area contributed by atoms with E-state index in [1.54, 1.807) is 31.5 Å². The SMILES string of the molecule is COc1ccc(Nc2cncc(C(=O)Nc3ccccc3)c2)cc1Cl. The van der Waals surface area contributed by atoms with E-state index in [0.717, 1.165) is 11.4 Å². The number of aromatic nitrogens is 1. The molecule has 0 atom stereocenters. The Morgan fingerprint density at radius 2 is 1.80 bits per heavy atom. The number of amides is 1. The van der Waals surface area contributed by atoms with E-state index in [2.05, 4.69) is 15.6 Å². The maximum atomic E-state index is 12.3. The standard InChI is InChI=1S/C19H16ClN3O2/c1-25-18-8-7-15(10-17(18)20)22-16-9-13(11-21-12-16)19(24)23-14-5-3-2-4-6-14/h2-12,22H,1H3,(H,23,24). The zero-order valence-electron chi connectivity index (χ0n) is 13.5. The van der Waals surface area contributed by atoms with Gasteiger partial charge in [0, 0.05) is 17.6 Å². The van der Waals surface area contributed by atoms with Crippen LogP contribution in [-0.4, -0.2) is 18.0 Å². The van der Waals surface area contributed by atoms with Crippen LogP contribution >= 0.6 is 11.6 Å². The molecule has 0 unspecified atom stereocenters. The molecular formula is C19H16ClN3O2. The highest BCUT2D eigenvalue weighted by atomic mass is 35.5. The number of nitrogens with zero attached hydrogens (tertiary/aromatic N) is 1. The maximum Gasteiger partial charge on any atom is 0.257 e. The maximum absolute atomic E-state index is 12.3. The first kappa shape index (κ1) is 16.8. The molecular weight excluding hydrogens is 338 g/mol. The minimum Gasteiger partial charge on any atom is -0.495 e. The molecule has 3 rings (SSSR count). The van der Waals surface area contributed by atoms with Gasteiger partial charge in [-0.25, -0.2) is 0 Å². The summed E-state index contributed by atoms with van der Waals surface area (Å²) in [6.07, 6.45) is 3.15. The molecule has 126 valence electrons. The molecule has 0 spiro atoms. The lowest BCUT2D eigenvalue weighted by Gasteiger charge is -2.10. The Labute approximate surface area is 150 Å². The first-order valence-electron chi connectivity index (χ1n) is 7.58. The van der Waals surface area contributed by atoms with Gasteiger partial charge in [-0.1, -0.05) is 29.8 Å². The molecule has 0 saturated heterocycles. The summed E-state index contributed by atoms with van der Waals surface area (Å²) in [5.74, 6) is 0.372. The van der Waals surface area contributed by atoms with Gasteiger partial charge in [0.1, 0.15) is 5.75 Å². The van der Waals surface area contributed by atoms with Gasteiger partial charge in [-0.15, -0.1) is 0 Å². The molecule has 2 N–H and O–H groups in total. The van der Waals surface area contributed by atoms with Crippen LogP contribution < -0.4 is 15.4 Å². The molecule has 0 aliphatic carbocycles. The Morgan fingerprint density at radius 1 is 1.00 bits per heavy atom. The number of pyridine rings is 1. The lowest BCUT2D eigenvalue weighted by Crippen LogP contribution is -2.12. The van der Waals surface area contributed by atoms with Crippen molar-refractivity contribution in [1.82, 2.24) is 4.98 Å². The van der Waals surface area contributed by atoms with E-state index in [-0.39, 0.29) is 5.91 Å². The number of hydrogen-bond acceptors (Lipinski definition) is 4. The smallest absolute Gasteiger partial charge is 0.257 e. The fraction of sp³-hybridized carbons (Fsp3) is 0.0526. The second-order valence-electron chi connectivity index (χ2n) is 5.26. The van der Waals surface area contributed by atoms with Gasteiger partial charge in [-0.3, -0.25) is 9.78 Å². The Morgan fingerprint density at radius 3 is 2.52 bits per heavy atom. The largest absolute Gasteiger partial charge is 0.495 e. The topological polar surface area (TPSA) is 63.2 Å². The summed E-state index contributed by atoms with van der Waals surface area (Å²) < 4.78 is 5.13. The normalized spacial score (nSPS) is 10.2. The summed E-state index contributed by atoms with van der Waals surface area (Å²) in [5, 5.41) is 6.50. The third kappa shape index (κ3) is 4.28. The van der Waals surface area contributed by atoms with Crippen LogP contribution in [0.15, 0.2) is 67.0 Å². The van der Waals surface area contributed by atoms with Gasteiger partial charge in [-0.2, -0.15) is 0 Å². The van der Waals surface area contributed by atoms with Crippen molar-refractivity contribution in [3.63, 3.8) is 0 Å². The molecule has 2 aromatic carbocycles. The number of benzene rings is 2.